The summed E-state index contributed by atoms with van der Waals surface area (Å²) in [6.07, 6.45) is 1.08. The number of thioether (sulfide) groups is 1. The van der Waals surface area contributed by atoms with Gasteiger partial charge in [-0.3, -0.25) is 4.99 Å². The number of nitrogens with one attached hydrogen (secondary N) is 1. The van der Waals surface area contributed by atoms with E-state index in [0.29, 0.717) is 31.5 Å². The van der Waals surface area contributed by atoms with Crippen LogP contribution in [0.1, 0.15) is 24.8 Å². The third kappa shape index (κ3) is 5.42. The van der Waals surface area contributed by atoms with E-state index >= 15 is 0 Å². The molecule has 0 saturated carbocycles. The summed E-state index contributed by atoms with van der Waals surface area (Å²) < 4.78 is 26.6. The summed E-state index contributed by atoms with van der Waals surface area (Å²) in [7, 11) is -1.42. The first-order chi connectivity index (χ1) is 13.5. The quantitative estimate of drug-likeness (QED) is 0.579. The summed E-state index contributed by atoms with van der Waals surface area (Å²) in [6, 6.07) is 10.7. The molecule has 0 radical (unpaired) electrons. The van der Waals surface area contributed by atoms with E-state index in [1.54, 1.807) is 11.4 Å². The van der Waals surface area contributed by atoms with Gasteiger partial charge < -0.3 is 10.2 Å². The normalized spacial score (nSPS) is 24.9. The summed E-state index contributed by atoms with van der Waals surface area (Å²) in [5, 5.41) is 3.27. The summed E-state index contributed by atoms with van der Waals surface area (Å²) in [5.41, 5.74) is 1.41. The Morgan fingerprint density at radius 2 is 1.93 bits per heavy atom. The Kier molecular flexibility index (Phi) is 7.65. The lowest BCUT2D eigenvalue weighted by Gasteiger charge is -2.39. The summed E-state index contributed by atoms with van der Waals surface area (Å²) in [6.45, 7) is 5.80. The number of piperidine rings is 1. The molecule has 156 valence electrons. The van der Waals surface area contributed by atoms with Gasteiger partial charge in [0, 0.05) is 51.3 Å². The summed E-state index contributed by atoms with van der Waals surface area (Å²) in [5.74, 6) is 3.79. The van der Waals surface area contributed by atoms with Crippen LogP contribution in [-0.4, -0.2) is 80.6 Å². The molecule has 2 saturated heterocycles. The maximum atomic E-state index is 12.5. The van der Waals surface area contributed by atoms with Crippen molar-refractivity contribution in [1.29, 1.82) is 0 Å². The van der Waals surface area contributed by atoms with Crippen molar-refractivity contribution in [3.63, 3.8) is 0 Å². The van der Waals surface area contributed by atoms with Crippen molar-refractivity contribution in [3.05, 3.63) is 35.9 Å². The van der Waals surface area contributed by atoms with Crippen LogP contribution < -0.4 is 5.32 Å². The van der Waals surface area contributed by atoms with Gasteiger partial charge in [-0.1, -0.05) is 37.3 Å². The van der Waals surface area contributed by atoms with Crippen molar-refractivity contribution in [2.45, 2.75) is 19.3 Å². The van der Waals surface area contributed by atoms with E-state index in [9.17, 15) is 8.42 Å². The topological polar surface area (TPSA) is 65.0 Å². The number of hydrogen-bond acceptors (Lipinski definition) is 4. The van der Waals surface area contributed by atoms with Gasteiger partial charge in [0.15, 0.2) is 5.96 Å². The fraction of sp³-hybridized carbons (Fsp3) is 0.650. The van der Waals surface area contributed by atoms with Crippen LogP contribution in [0.4, 0.5) is 0 Å². The maximum Gasteiger partial charge on any atom is 0.215 e. The molecule has 1 aromatic carbocycles. The van der Waals surface area contributed by atoms with Gasteiger partial charge in [-0.2, -0.15) is 11.8 Å². The average Bonchev–Trinajstić information content (AvgIpc) is 2.72. The molecular weight excluding hydrogens is 392 g/mol. The van der Waals surface area contributed by atoms with Crippen molar-refractivity contribution in [3.8, 4) is 0 Å². The van der Waals surface area contributed by atoms with Gasteiger partial charge >= 0.3 is 0 Å². The van der Waals surface area contributed by atoms with E-state index in [-0.39, 0.29) is 5.75 Å². The number of sulfonamides is 1. The van der Waals surface area contributed by atoms with E-state index in [1.807, 2.05) is 11.8 Å². The predicted octanol–water partition coefficient (Wildman–Crippen LogP) is 2.07. The highest BCUT2D eigenvalue weighted by molar-refractivity contribution is 7.99. The molecule has 2 aliphatic heterocycles. The molecule has 3 rings (SSSR count). The van der Waals surface area contributed by atoms with Gasteiger partial charge in [0.1, 0.15) is 0 Å². The maximum absolute atomic E-state index is 12.5. The van der Waals surface area contributed by atoms with Gasteiger partial charge in [-0.05, 0) is 23.8 Å². The van der Waals surface area contributed by atoms with Gasteiger partial charge in [0.05, 0.1) is 5.75 Å². The molecule has 2 atom stereocenters. The third-order valence-corrected chi connectivity index (χ3v) is 8.47. The Labute approximate surface area is 173 Å². The second-order valence-corrected chi connectivity index (χ2v) is 10.8. The van der Waals surface area contributed by atoms with Gasteiger partial charge in [-0.15, -0.1) is 0 Å². The fourth-order valence-electron chi connectivity index (χ4n) is 4.11. The monoisotopic (exact) mass is 424 g/mol. The first-order valence-corrected chi connectivity index (χ1v) is 12.8. The first kappa shape index (κ1) is 21.5. The van der Waals surface area contributed by atoms with Gasteiger partial charge in [0.25, 0.3) is 0 Å². The van der Waals surface area contributed by atoms with Gasteiger partial charge in [0.2, 0.25) is 10.0 Å². The second kappa shape index (κ2) is 9.98. The molecule has 0 aliphatic carbocycles. The standard InChI is InChI=1S/C20H32N4O2S2/c1-17-16-23(10-8-19(17)18-6-4-3-5-7-18)20(21-2)22-9-15-28(25,26)24-11-13-27-14-12-24/h3-7,17,19H,8-16H2,1-2H3,(H,21,22). The molecule has 0 aromatic heterocycles. The van der Waals surface area contributed by atoms with Crippen LogP contribution in [0.15, 0.2) is 35.3 Å². The SMILES string of the molecule is CN=C(NCCS(=O)(=O)N1CCSCC1)N1CCC(c2ccccc2)C(C)C1. The Morgan fingerprint density at radius 1 is 1.21 bits per heavy atom. The smallest absolute Gasteiger partial charge is 0.215 e. The van der Waals surface area contributed by atoms with Gasteiger partial charge in [-0.25, -0.2) is 12.7 Å². The number of benzene rings is 1. The lowest BCUT2D eigenvalue weighted by atomic mass is 9.82. The average molecular weight is 425 g/mol. The highest BCUT2D eigenvalue weighted by atomic mass is 32.2. The molecule has 6 nitrogen and oxygen atoms in total. The van der Waals surface area contributed by atoms with Crippen LogP contribution in [0.2, 0.25) is 0 Å². The zero-order chi connectivity index (χ0) is 20.0. The molecule has 0 spiro atoms. The number of aliphatic imine (C=N–C) groups is 1. The minimum Gasteiger partial charge on any atom is -0.355 e. The van der Waals surface area contributed by atoms with Crippen LogP contribution in [0.25, 0.3) is 0 Å². The second-order valence-electron chi connectivity index (χ2n) is 7.53. The Bertz CT molecular complexity index is 749. The van der Waals surface area contributed by atoms with Crippen LogP contribution in [0.5, 0.6) is 0 Å². The molecule has 1 aromatic rings. The van der Waals surface area contributed by atoms with Crippen LogP contribution >= 0.6 is 11.8 Å². The summed E-state index contributed by atoms with van der Waals surface area (Å²) >= 11 is 1.82. The minimum atomic E-state index is -3.19. The largest absolute Gasteiger partial charge is 0.355 e. The molecular formula is C20H32N4O2S2. The van der Waals surface area contributed by atoms with Crippen LogP contribution in [0.3, 0.4) is 0 Å². The zero-order valence-corrected chi connectivity index (χ0v) is 18.5. The van der Waals surface area contributed by atoms with E-state index in [2.05, 4.69) is 52.5 Å². The molecule has 2 aliphatic rings. The molecule has 2 heterocycles. The predicted molar refractivity (Wildman–Crippen MR) is 119 cm³/mol. The molecule has 2 unspecified atom stereocenters. The molecule has 8 heteroatoms. The van der Waals surface area contributed by atoms with E-state index in [1.165, 1.54) is 5.56 Å². The van der Waals surface area contributed by atoms with Crippen molar-refractivity contribution in [2.24, 2.45) is 10.9 Å². The Balaban J connectivity index is 1.50. The minimum absolute atomic E-state index is 0.118. The van der Waals surface area contributed by atoms with E-state index in [0.717, 1.165) is 37.0 Å². The number of hydrogen-bond donors (Lipinski definition) is 1. The molecule has 2 fully saturated rings. The highest BCUT2D eigenvalue weighted by Crippen LogP contribution is 2.32. The van der Waals surface area contributed by atoms with Crippen molar-refractivity contribution in [1.82, 2.24) is 14.5 Å². The molecule has 28 heavy (non-hydrogen) atoms. The zero-order valence-electron chi connectivity index (χ0n) is 16.9. The Morgan fingerprint density at radius 3 is 2.57 bits per heavy atom. The van der Waals surface area contributed by atoms with Crippen molar-refractivity contribution < 1.29 is 8.42 Å². The third-order valence-electron chi connectivity index (χ3n) is 5.65. The van der Waals surface area contributed by atoms with Crippen LogP contribution in [0, 0.1) is 5.92 Å². The lowest BCUT2D eigenvalue weighted by molar-refractivity contribution is 0.235. The number of nitrogens with zero attached hydrogens (tertiary/aromatic N) is 3. The van der Waals surface area contributed by atoms with Crippen LogP contribution in [-0.2, 0) is 10.0 Å². The van der Waals surface area contributed by atoms with Crippen molar-refractivity contribution in [2.75, 3.05) is 57.0 Å². The Hall–Kier alpha value is -1.25. The summed E-state index contributed by atoms with van der Waals surface area (Å²) in [4.78, 5) is 6.65. The highest BCUT2D eigenvalue weighted by Gasteiger charge is 2.29. The molecule has 0 amide bonds. The van der Waals surface area contributed by atoms with E-state index in [4.69, 9.17) is 0 Å². The number of guanidine groups is 1. The van der Waals surface area contributed by atoms with Crippen molar-refractivity contribution >= 4 is 27.7 Å². The number of rotatable bonds is 5. The molecule has 0 bridgehead atoms. The fourth-order valence-corrected chi connectivity index (χ4v) is 6.60. The first-order valence-electron chi connectivity index (χ1n) is 10.1. The lowest BCUT2D eigenvalue weighted by Crippen LogP contribution is -2.49. The number of likely N-dealkylation sites (tertiary alicyclic amines) is 1. The molecule has 1 N–H and O–H groups in total. The van der Waals surface area contributed by atoms with E-state index < -0.39 is 10.0 Å².